The largest absolute Gasteiger partial charge is 0.438 e. The van der Waals surface area contributed by atoms with Gasteiger partial charge in [0.15, 0.2) is 0 Å². The molecule has 0 aliphatic carbocycles. The van der Waals surface area contributed by atoms with E-state index in [-0.39, 0.29) is 5.88 Å². The van der Waals surface area contributed by atoms with Gasteiger partial charge in [-0.05, 0) is 66.2 Å². The van der Waals surface area contributed by atoms with Gasteiger partial charge in [0.2, 0.25) is 5.88 Å². The number of halogens is 2. The molecule has 4 rings (SSSR count). The second kappa shape index (κ2) is 7.84. The van der Waals surface area contributed by atoms with Gasteiger partial charge in [-0.25, -0.2) is 18.7 Å². The molecule has 0 amide bonds. The maximum absolute atomic E-state index is 13.6. The Bertz CT molecular complexity index is 1070. The van der Waals surface area contributed by atoms with Crippen LogP contribution in [0.15, 0.2) is 85.2 Å². The monoisotopic (exact) mass is 375 g/mol. The van der Waals surface area contributed by atoms with Crippen molar-refractivity contribution in [2.24, 2.45) is 0 Å². The van der Waals surface area contributed by atoms with E-state index >= 15 is 0 Å². The minimum atomic E-state index is -0.658. The van der Waals surface area contributed by atoms with Gasteiger partial charge in [0.05, 0.1) is 0 Å². The maximum Gasteiger partial charge on any atom is 0.227 e. The molecular formula is C22H15F2N3O. The van der Waals surface area contributed by atoms with E-state index in [2.05, 4.69) is 15.3 Å². The Morgan fingerprint density at radius 1 is 0.750 bits per heavy atom. The zero-order valence-electron chi connectivity index (χ0n) is 14.6. The average molecular weight is 375 g/mol. The van der Waals surface area contributed by atoms with Crippen molar-refractivity contribution in [3.05, 3.63) is 96.8 Å². The summed E-state index contributed by atoms with van der Waals surface area (Å²) in [7, 11) is 0. The van der Waals surface area contributed by atoms with Crippen LogP contribution in [0.4, 0.5) is 20.3 Å². The molecule has 0 saturated carbocycles. The summed E-state index contributed by atoms with van der Waals surface area (Å²) in [5, 5.41) is 3.18. The minimum absolute atomic E-state index is 0.262. The standard InChI is InChI=1S/C22H15F2N3O/c23-16-12-15(13-17(24)14-16)20-4-3-11-26-22(20)28-19-8-6-18(7-9-19)27-21-5-1-2-10-25-21/h1-14H,(H,25,27). The molecule has 0 unspecified atom stereocenters. The van der Waals surface area contributed by atoms with Gasteiger partial charge in [-0.1, -0.05) is 6.07 Å². The third kappa shape index (κ3) is 4.12. The summed E-state index contributed by atoms with van der Waals surface area (Å²) < 4.78 is 33.0. The van der Waals surface area contributed by atoms with E-state index in [1.807, 2.05) is 30.3 Å². The van der Waals surface area contributed by atoms with E-state index in [0.717, 1.165) is 17.6 Å². The predicted octanol–water partition coefficient (Wildman–Crippen LogP) is 5.96. The van der Waals surface area contributed by atoms with Crippen LogP contribution in [0.1, 0.15) is 0 Å². The van der Waals surface area contributed by atoms with Crippen LogP contribution in [0.3, 0.4) is 0 Å². The number of hydrogen-bond acceptors (Lipinski definition) is 4. The third-order valence-corrected chi connectivity index (χ3v) is 3.95. The van der Waals surface area contributed by atoms with Crippen LogP contribution < -0.4 is 10.1 Å². The molecule has 138 valence electrons. The molecule has 2 heterocycles. The normalized spacial score (nSPS) is 10.5. The van der Waals surface area contributed by atoms with Crippen molar-refractivity contribution in [3.63, 3.8) is 0 Å². The van der Waals surface area contributed by atoms with Crippen LogP contribution in [0, 0.1) is 11.6 Å². The molecule has 0 aliphatic heterocycles. The van der Waals surface area contributed by atoms with Crippen LogP contribution in [-0.4, -0.2) is 9.97 Å². The number of hydrogen-bond donors (Lipinski definition) is 1. The molecule has 0 bridgehead atoms. The zero-order valence-corrected chi connectivity index (χ0v) is 14.6. The second-order valence-corrected chi connectivity index (χ2v) is 5.98. The highest BCUT2D eigenvalue weighted by molar-refractivity contribution is 5.69. The quantitative estimate of drug-likeness (QED) is 0.468. The van der Waals surface area contributed by atoms with Crippen molar-refractivity contribution in [1.82, 2.24) is 9.97 Å². The van der Waals surface area contributed by atoms with E-state index in [4.69, 9.17) is 4.74 Å². The highest BCUT2D eigenvalue weighted by Crippen LogP contribution is 2.32. The molecule has 2 aromatic carbocycles. The second-order valence-electron chi connectivity index (χ2n) is 5.98. The van der Waals surface area contributed by atoms with Gasteiger partial charge in [0.25, 0.3) is 0 Å². The van der Waals surface area contributed by atoms with Gasteiger partial charge in [-0.3, -0.25) is 0 Å². The van der Waals surface area contributed by atoms with Crippen LogP contribution in [0.5, 0.6) is 11.6 Å². The van der Waals surface area contributed by atoms with Crippen LogP contribution >= 0.6 is 0 Å². The Hall–Kier alpha value is -3.80. The fourth-order valence-electron chi connectivity index (χ4n) is 2.70. The van der Waals surface area contributed by atoms with Gasteiger partial charge in [0, 0.05) is 29.7 Å². The molecule has 0 radical (unpaired) electrons. The first-order chi connectivity index (χ1) is 13.7. The van der Waals surface area contributed by atoms with Crippen LogP contribution in [-0.2, 0) is 0 Å². The Balaban J connectivity index is 1.56. The summed E-state index contributed by atoms with van der Waals surface area (Å²) in [4.78, 5) is 8.42. The Morgan fingerprint density at radius 3 is 2.21 bits per heavy atom. The van der Waals surface area contributed by atoms with Crippen molar-refractivity contribution in [3.8, 4) is 22.8 Å². The lowest BCUT2D eigenvalue weighted by molar-refractivity contribution is 0.465. The summed E-state index contributed by atoms with van der Waals surface area (Å²) in [6.45, 7) is 0. The van der Waals surface area contributed by atoms with Crippen molar-refractivity contribution < 1.29 is 13.5 Å². The first kappa shape index (κ1) is 17.6. The molecule has 0 saturated heterocycles. The van der Waals surface area contributed by atoms with Crippen LogP contribution in [0.2, 0.25) is 0 Å². The third-order valence-electron chi connectivity index (χ3n) is 3.95. The number of benzene rings is 2. The number of nitrogens with one attached hydrogen (secondary N) is 1. The highest BCUT2D eigenvalue weighted by Gasteiger charge is 2.11. The molecule has 0 atom stereocenters. The highest BCUT2D eigenvalue weighted by atomic mass is 19.1. The number of nitrogens with zero attached hydrogens (tertiary/aromatic N) is 2. The molecule has 2 aromatic heterocycles. The molecule has 28 heavy (non-hydrogen) atoms. The minimum Gasteiger partial charge on any atom is -0.438 e. The van der Waals surface area contributed by atoms with E-state index in [1.54, 1.807) is 36.7 Å². The van der Waals surface area contributed by atoms with Gasteiger partial charge in [-0.2, -0.15) is 0 Å². The molecule has 0 fully saturated rings. The summed E-state index contributed by atoms with van der Waals surface area (Å²) in [6, 6.07) is 19.5. The molecule has 0 spiro atoms. The van der Waals surface area contributed by atoms with Crippen molar-refractivity contribution in [1.29, 1.82) is 0 Å². The lowest BCUT2D eigenvalue weighted by Crippen LogP contribution is -1.94. The Morgan fingerprint density at radius 2 is 1.50 bits per heavy atom. The van der Waals surface area contributed by atoms with E-state index in [1.165, 1.54) is 12.1 Å². The number of aromatic nitrogens is 2. The number of pyridine rings is 2. The van der Waals surface area contributed by atoms with Gasteiger partial charge in [0.1, 0.15) is 23.2 Å². The SMILES string of the molecule is Fc1cc(F)cc(-c2cccnc2Oc2ccc(Nc3ccccn3)cc2)c1. The summed E-state index contributed by atoms with van der Waals surface area (Å²) in [6.07, 6.45) is 3.27. The fraction of sp³-hybridized carbons (Fsp3) is 0. The average Bonchev–Trinajstić information content (AvgIpc) is 2.70. The van der Waals surface area contributed by atoms with Gasteiger partial charge in [-0.15, -0.1) is 0 Å². The van der Waals surface area contributed by atoms with E-state index in [9.17, 15) is 8.78 Å². The Labute approximate surface area is 160 Å². The summed E-state index contributed by atoms with van der Waals surface area (Å²) in [5.41, 5.74) is 1.70. The zero-order chi connectivity index (χ0) is 19.3. The fourth-order valence-corrected chi connectivity index (χ4v) is 2.70. The molecular weight excluding hydrogens is 360 g/mol. The Kier molecular flexibility index (Phi) is 4.93. The first-order valence-electron chi connectivity index (χ1n) is 8.55. The predicted molar refractivity (Wildman–Crippen MR) is 104 cm³/mol. The van der Waals surface area contributed by atoms with E-state index in [0.29, 0.717) is 16.9 Å². The summed E-state index contributed by atoms with van der Waals surface area (Å²) >= 11 is 0. The molecule has 0 aliphatic rings. The molecule has 4 nitrogen and oxygen atoms in total. The molecule has 6 heteroatoms. The number of anilines is 2. The number of rotatable bonds is 5. The van der Waals surface area contributed by atoms with Gasteiger partial charge >= 0.3 is 0 Å². The molecule has 4 aromatic rings. The number of ether oxygens (including phenoxy) is 1. The van der Waals surface area contributed by atoms with Crippen molar-refractivity contribution in [2.75, 3.05) is 5.32 Å². The van der Waals surface area contributed by atoms with Crippen molar-refractivity contribution in [2.45, 2.75) is 0 Å². The smallest absolute Gasteiger partial charge is 0.227 e. The first-order valence-corrected chi connectivity index (χ1v) is 8.55. The van der Waals surface area contributed by atoms with Crippen molar-refractivity contribution >= 4 is 11.5 Å². The van der Waals surface area contributed by atoms with E-state index < -0.39 is 11.6 Å². The van der Waals surface area contributed by atoms with Crippen LogP contribution in [0.25, 0.3) is 11.1 Å². The lowest BCUT2D eigenvalue weighted by Gasteiger charge is -2.11. The maximum atomic E-state index is 13.6. The topological polar surface area (TPSA) is 47.0 Å². The lowest BCUT2D eigenvalue weighted by atomic mass is 10.1. The van der Waals surface area contributed by atoms with Gasteiger partial charge < -0.3 is 10.1 Å². The summed E-state index contributed by atoms with van der Waals surface area (Å²) in [5.74, 6) is 0.224. The molecule has 1 N–H and O–H groups in total.